The molecular weight excluding hydrogens is 373 g/mol. The van der Waals surface area contributed by atoms with Crippen molar-refractivity contribution in [1.29, 1.82) is 0 Å². The zero-order chi connectivity index (χ0) is 18.1. The molecule has 0 aliphatic rings. The molecule has 1 amide bonds. The minimum absolute atomic E-state index is 0.353. The van der Waals surface area contributed by atoms with E-state index in [2.05, 4.69) is 15.3 Å². The molecule has 0 radical (unpaired) electrons. The lowest BCUT2D eigenvalue weighted by atomic mass is 10.1. The Balaban J connectivity index is 1.68. The van der Waals surface area contributed by atoms with Crippen LogP contribution in [-0.4, -0.2) is 15.9 Å². The van der Waals surface area contributed by atoms with Gasteiger partial charge in [-0.2, -0.15) is 4.98 Å². The summed E-state index contributed by atoms with van der Waals surface area (Å²) in [5.74, 6) is 0.0393. The fraction of sp³-hybridized carbons (Fsp3) is 0. The van der Waals surface area contributed by atoms with E-state index >= 15 is 0 Å². The predicted molar refractivity (Wildman–Crippen MR) is 102 cm³/mol. The van der Waals surface area contributed by atoms with Crippen molar-refractivity contribution in [2.45, 2.75) is 0 Å². The van der Waals surface area contributed by atoms with E-state index < -0.39 is 0 Å². The smallest absolute Gasteiger partial charge is 0.257 e. The molecule has 4 aromatic rings. The molecule has 0 saturated carbocycles. The number of nitrogens with one attached hydrogen (secondary N) is 1. The van der Waals surface area contributed by atoms with Crippen LogP contribution in [0.3, 0.4) is 0 Å². The van der Waals surface area contributed by atoms with Gasteiger partial charge in [-0.05, 0) is 42.5 Å². The highest BCUT2D eigenvalue weighted by Gasteiger charge is 2.14. The van der Waals surface area contributed by atoms with Crippen molar-refractivity contribution in [2.24, 2.45) is 0 Å². The van der Waals surface area contributed by atoms with E-state index in [4.69, 9.17) is 27.6 Å². The molecule has 0 saturated heterocycles. The number of benzene rings is 2. The highest BCUT2D eigenvalue weighted by Crippen LogP contribution is 2.30. The van der Waals surface area contributed by atoms with Crippen LogP contribution in [0.4, 0.5) is 5.69 Å². The summed E-state index contributed by atoms with van der Waals surface area (Å²) in [6, 6.07) is 15.5. The lowest BCUT2D eigenvalue weighted by Crippen LogP contribution is -2.12. The minimum Gasteiger partial charge on any atom is -0.434 e. The molecule has 128 valence electrons. The number of carbonyl (C=O) groups is 1. The first kappa shape index (κ1) is 16.6. The summed E-state index contributed by atoms with van der Waals surface area (Å²) in [6.07, 6.45) is 1.64. The highest BCUT2D eigenvalue weighted by atomic mass is 35.5. The minimum atomic E-state index is -0.353. The van der Waals surface area contributed by atoms with Crippen molar-refractivity contribution in [3.63, 3.8) is 0 Å². The summed E-state index contributed by atoms with van der Waals surface area (Å²) in [4.78, 5) is 21.0. The summed E-state index contributed by atoms with van der Waals surface area (Å²) in [5, 5.41) is 3.53. The number of oxazole rings is 1. The third-order valence-corrected chi connectivity index (χ3v) is 4.40. The first-order valence-electron chi connectivity index (χ1n) is 7.69. The summed E-state index contributed by atoms with van der Waals surface area (Å²) in [7, 11) is 0. The van der Waals surface area contributed by atoms with Crippen molar-refractivity contribution in [3.8, 4) is 11.5 Å². The van der Waals surface area contributed by atoms with E-state index in [-0.39, 0.29) is 5.91 Å². The molecule has 0 aliphatic carbocycles. The second-order valence-electron chi connectivity index (χ2n) is 5.47. The number of halogens is 2. The van der Waals surface area contributed by atoms with E-state index in [1.165, 1.54) is 0 Å². The van der Waals surface area contributed by atoms with Gasteiger partial charge in [-0.15, -0.1) is 0 Å². The van der Waals surface area contributed by atoms with E-state index in [1.54, 1.807) is 60.8 Å². The summed E-state index contributed by atoms with van der Waals surface area (Å²) < 4.78 is 5.71. The van der Waals surface area contributed by atoms with Crippen LogP contribution in [0.1, 0.15) is 10.4 Å². The molecule has 0 spiro atoms. The SMILES string of the molecule is O=C(Nc1cc(-c2nc3ncccc3o2)ccc1Cl)c1ccccc1Cl. The molecule has 2 heterocycles. The monoisotopic (exact) mass is 383 g/mol. The number of carbonyl (C=O) groups excluding carboxylic acids is 1. The van der Waals surface area contributed by atoms with E-state index in [0.717, 1.165) is 0 Å². The molecular formula is C19H11Cl2N3O2. The van der Waals surface area contributed by atoms with Gasteiger partial charge in [-0.1, -0.05) is 35.3 Å². The Bertz CT molecular complexity index is 1090. The first-order valence-corrected chi connectivity index (χ1v) is 8.45. The van der Waals surface area contributed by atoms with Crippen molar-refractivity contribution in [2.75, 3.05) is 5.32 Å². The van der Waals surface area contributed by atoms with Crippen LogP contribution in [-0.2, 0) is 0 Å². The van der Waals surface area contributed by atoms with E-state index in [1.807, 2.05) is 0 Å². The van der Waals surface area contributed by atoms with Crippen molar-refractivity contribution in [1.82, 2.24) is 9.97 Å². The van der Waals surface area contributed by atoms with Gasteiger partial charge in [0.15, 0.2) is 11.2 Å². The van der Waals surface area contributed by atoms with Crippen LogP contribution in [0, 0.1) is 0 Å². The summed E-state index contributed by atoms with van der Waals surface area (Å²) >= 11 is 12.3. The summed E-state index contributed by atoms with van der Waals surface area (Å²) in [6.45, 7) is 0. The van der Waals surface area contributed by atoms with Crippen molar-refractivity contribution >= 4 is 46.0 Å². The number of hydrogen-bond acceptors (Lipinski definition) is 4. The predicted octanol–water partition coefficient (Wildman–Crippen LogP) is 5.45. The van der Waals surface area contributed by atoms with Crippen LogP contribution < -0.4 is 5.32 Å². The van der Waals surface area contributed by atoms with Crippen LogP contribution in [0.25, 0.3) is 22.7 Å². The van der Waals surface area contributed by atoms with Gasteiger partial charge in [-0.3, -0.25) is 4.79 Å². The highest BCUT2D eigenvalue weighted by molar-refractivity contribution is 6.36. The Morgan fingerprint density at radius 2 is 1.85 bits per heavy atom. The van der Waals surface area contributed by atoms with Crippen LogP contribution in [0.15, 0.2) is 65.2 Å². The Kier molecular flexibility index (Phi) is 4.32. The largest absolute Gasteiger partial charge is 0.434 e. The lowest BCUT2D eigenvalue weighted by Gasteiger charge is -2.09. The molecule has 0 fully saturated rings. The molecule has 1 N–H and O–H groups in total. The molecule has 7 heteroatoms. The Hall–Kier alpha value is -2.89. The molecule has 0 unspecified atom stereocenters. The Morgan fingerprint density at radius 3 is 2.65 bits per heavy atom. The average Bonchev–Trinajstić information content (AvgIpc) is 3.08. The number of aromatic nitrogens is 2. The van der Waals surface area contributed by atoms with Crippen LogP contribution in [0.5, 0.6) is 0 Å². The van der Waals surface area contributed by atoms with Crippen LogP contribution >= 0.6 is 23.2 Å². The normalized spacial score (nSPS) is 10.8. The van der Waals surface area contributed by atoms with Crippen molar-refractivity contribution in [3.05, 3.63) is 76.4 Å². The fourth-order valence-electron chi connectivity index (χ4n) is 2.48. The second-order valence-corrected chi connectivity index (χ2v) is 6.29. The zero-order valence-electron chi connectivity index (χ0n) is 13.2. The average molecular weight is 384 g/mol. The van der Waals surface area contributed by atoms with Gasteiger partial charge in [0.2, 0.25) is 5.89 Å². The number of nitrogens with zero attached hydrogens (tertiary/aromatic N) is 2. The zero-order valence-corrected chi connectivity index (χ0v) is 14.8. The molecule has 2 aromatic heterocycles. The summed E-state index contributed by atoms with van der Waals surface area (Å²) in [5.41, 5.74) is 2.56. The maximum absolute atomic E-state index is 12.5. The topological polar surface area (TPSA) is 68.0 Å². The number of amides is 1. The third-order valence-electron chi connectivity index (χ3n) is 3.74. The number of rotatable bonds is 3. The maximum Gasteiger partial charge on any atom is 0.257 e. The molecule has 0 aliphatic heterocycles. The molecule has 26 heavy (non-hydrogen) atoms. The van der Waals surface area contributed by atoms with Gasteiger partial charge in [0, 0.05) is 11.8 Å². The standard InChI is InChI=1S/C19H11Cl2N3O2/c20-13-5-2-1-4-12(13)18(25)23-15-10-11(7-8-14(15)21)19-24-17-16(26-19)6-3-9-22-17/h1-10H,(H,23,25). The van der Waals surface area contributed by atoms with Gasteiger partial charge < -0.3 is 9.73 Å². The molecule has 2 aromatic carbocycles. The Morgan fingerprint density at radius 1 is 1.00 bits per heavy atom. The quantitative estimate of drug-likeness (QED) is 0.510. The number of pyridine rings is 1. The number of anilines is 1. The van der Waals surface area contributed by atoms with Gasteiger partial charge in [0.1, 0.15) is 0 Å². The van der Waals surface area contributed by atoms with E-state index in [0.29, 0.717) is 44.0 Å². The van der Waals surface area contributed by atoms with Crippen LogP contribution in [0.2, 0.25) is 10.0 Å². The first-order chi connectivity index (χ1) is 12.6. The second kappa shape index (κ2) is 6.78. The molecule has 0 atom stereocenters. The molecule has 5 nitrogen and oxygen atoms in total. The number of hydrogen-bond donors (Lipinski definition) is 1. The lowest BCUT2D eigenvalue weighted by molar-refractivity contribution is 0.102. The number of fused-ring (bicyclic) bond motifs is 1. The fourth-order valence-corrected chi connectivity index (χ4v) is 2.87. The van der Waals surface area contributed by atoms with Gasteiger partial charge in [0.25, 0.3) is 5.91 Å². The third kappa shape index (κ3) is 3.14. The maximum atomic E-state index is 12.5. The van der Waals surface area contributed by atoms with Gasteiger partial charge in [-0.25, -0.2) is 4.98 Å². The van der Waals surface area contributed by atoms with E-state index in [9.17, 15) is 4.79 Å². The van der Waals surface area contributed by atoms with Crippen molar-refractivity contribution < 1.29 is 9.21 Å². The van der Waals surface area contributed by atoms with Gasteiger partial charge >= 0.3 is 0 Å². The Labute approximate surface area is 158 Å². The molecule has 4 rings (SSSR count). The molecule has 0 bridgehead atoms. The van der Waals surface area contributed by atoms with Gasteiger partial charge in [0.05, 0.1) is 21.3 Å².